The lowest BCUT2D eigenvalue weighted by Crippen LogP contribution is -2.54. The number of carbonyl (C=O) groups excluding carboxylic acids is 2. The molecule has 0 bridgehead atoms. The molecule has 3 N–H and O–H groups in total. The molecule has 2 fully saturated rings. The van der Waals surface area contributed by atoms with Crippen molar-refractivity contribution < 1.29 is 24.2 Å². The van der Waals surface area contributed by atoms with Crippen LogP contribution in [0.4, 0.5) is 5.69 Å². The van der Waals surface area contributed by atoms with E-state index in [1.54, 1.807) is 24.3 Å². The lowest BCUT2D eigenvalue weighted by molar-refractivity contribution is -0.139. The van der Waals surface area contributed by atoms with Crippen LogP contribution in [0.5, 0.6) is 0 Å². The van der Waals surface area contributed by atoms with Gasteiger partial charge in [0.05, 0.1) is 6.54 Å². The van der Waals surface area contributed by atoms with Crippen molar-refractivity contribution in [3.05, 3.63) is 29.8 Å². The van der Waals surface area contributed by atoms with Gasteiger partial charge in [0.15, 0.2) is 0 Å². The van der Waals surface area contributed by atoms with Gasteiger partial charge in [-0.2, -0.15) is 0 Å². The predicted octanol–water partition coefficient (Wildman–Crippen LogP) is 1.47. The Morgan fingerprint density at radius 3 is 2.71 bits per heavy atom. The summed E-state index contributed by atoms with van der Waals surface area (Å²) in [6, 6.07) is 7.05. The average molecular weight is 389 g/mol. The Hall–Kier alpha value is -2.45. The minimum absolute atomic E-state index is 0.0221. The molecule has 8 nitrogen and oxygen atoms in total. The number of aliphatic carboxylic acids is 1. The zero-order valence-corrected chi connectivity index (χ0v) is 16.0. The van der Waals surface area contributed by atoms with Gasteiger partial charge >= 0.3 is 5.97 Å². The second-order valence-corrected chi connectivity index (χ2v) is 7.32. The second kappa shape index (κ2) is 9.16. The molecule has 1 unspecified atom stereocenters. The molecule has 1 aliphatic carbocycles. The molecule has 1 aliphatic heterocycles. The number of ether oxygens (including phenoxy) is 1. The fourth-order valence-corrected chi connectivity index (χ4v) is 3.69. The Morgan fingerprint density at radius 2 is 2.07 bits per heavy atom. The van der Waals surface area contributed by atoms with Crippen molar-refractivity contribution in [2.75, 3.05) is 25.0 Å². The number of nitrogens with zero attached hydrogens (tertiary/aromatic N) is 1. The summed E-state index contributed by atoms with van der Waals surface area (Å²) in [5.41, 5.74) is 1.05. The third-order valence-electron chi connectivity index (χ3n) is 5.32. The van der Waals surface area contributed by atoms with Crippen molar-refractivity contribution in [3.63, 3.8) is 0 Å². The Morgan fingerprint density at radius 1 is 1.29 bits per heavy atom. The lowest BCUT2D eigenvalue weighted by Gasteiger charge is -2.42. The van der Waals surface area contributed by atoms with Crippen molar-refractivity contribution in [1.29, 1.82) is 0 Å². The van der Waals surface area contributed by atoms with E-state index >= 15 is 0 Å². The Labute approximate surface area is 164 Å². The van der Waals surface area contributed by atoms with Crippen molar-refractivity contribution in [2.45, 2.75) is 50.8 Å². The van der Waals surface area contributed by atoms with E-state index in [2.05, 4.69) is 10.6 Å². The molecule has 1 aromatic rings. The SMILES string of the molecule is CCN(CC(=O)O)C1CC(NC(=O)c2cccc(NC(=O)C3CCCO3)c2)C1. The van der Waals surface area contributed by atoms with Gasteiger partial charge in [-0.3, -0.25) is 19.3 Å². The summed E-state index contributed by atoms with van der Waals surface area (Å²) in [4.78, 5) is 37.5. The van der Waals surface area contributed by atoms with Crippen LogP contribution >= 0.6 is 0 Å². The highest BCUT2D eigenvalue weighted by Gasteiger charge is 2.34. The zero-order chi connectivity index (χ0) is 20.1. The number of likely N-dealkylation sites (N-methyl/N-ethyl adjacent to an activating group) is 1. The maximum absolute atomic E-state index is 12.5. The Kier molecular flexibility index (Phi) is 6.64. The maximum Gasteiger partial charge on any atom is 0.317 e. The summed E-state index contributed by atoms with van der Waals surface area (Å²) in [5, 5.41) is 14.7. The highest BCUT2D eigenvalue weighted by atomic mass is 16.5. The van der Waals surface area contributed by atoms with Crippen LogP contribution in [0.1, 0.15) is 43.0 Å². The van der Waals surface area contributed by atoms with Crippen molar-refractivity contribution >= 4 is 23.5 Å². The van der Waals surface area contributed by atoms with Gasteiger partial charge in [0, 0.05) is 29.9 Å². The van der Waals surface area contributed by atoms with Crippen molar-refractivity contribution in [1.82, 2.24) is 10.2 Å². The van der Waals surface area contributed by atoms with Crippen LogP contribution in [-0.4, -0.2) is 65.7 Å². The minimum atomic E-state index is -0.837. The molecule has 2 aliphatic rings. The molecule has 152 valence electrons. The molecule has 1 heterocycles. The molecule has 28 heavy (non-hydrogen) atoms. The summed E-state index contributed by atoms with van der Waals surface area (Å²) in [6.45, 7) is 3.23. The number of carbonyl (C=O) groups is 3. The zero-order valence-electron chi connectivity index (χ0n) is 16.0. The molecule has 1 atom stereocenters. The van der Waals surface area contributed by atoms with E-state index in [9.17, 15) is 14.4 Å². The van der Waals surface area contributed by atoms with E-state index < -0.39 is 12.1 Å². The van der Waals surface area contributed by atoms with Crippen LogP contribution in [0.3, 0.4) is 0 Å². The monoisotopic (exact) mass is 389 g/mol. The number of hydrogen-bond donors (Lipinski definition) is 3. The molecule has 1 aromatic carbocycles. The number of hydrogen-bond acceptors (Lipinski definition) is 5. The number of anilines is 1. The van der Waals surface area contributed by atoms with Gasteiger partial charge in [-0.25, -0.2) is 0 Å². The van der Waals surface area contributed by atoms with Gasteiger partial charge in [-0.05, 0) is 50.4 Å². The molecule has 1 saturated carbocycles. The summed E-state index contributed by atoms with van der Waals surface area (Å²) >= 11 is 0. The lowest BCUT2D eigenvalue weighted by atomic mass is 9.85. The third-order valence-corrected chi connectivity index (χ3v) is 5.32. The Balaban J connectivity index is 1.50. The van der Waals surface area contributed by atoms with Crippen LogP contribution in [0.15, 0.2) is 24.3 Å². The number of carboxylic acid groups (broad SMARTS) is 1. The minimum Gasteiger partial charge on any atom is -0.480 e. The first-order valence-corrected chi connectivity index (χ1v) is 9.75. The normalized spacial score (nSPS) is 23.9. The number of rotatable bonds is 8. The van der Waals surface area contributed by atoms with Crippen LogP contribution in [0, 0.1) is 0 Å². The quantitative estimate of drug-likeness (QED) is 0.621. The van der Waals surface area contributed by atoms with Crippen molar-refractivity contribution in [3.8, 4) is 0 Å². The highest BCUT2D eigenvalue weighted by molar-refractivity contribution is 5.98. The molecule has 0 aromatic heterocycles. The van der Waals surface area contributed by atoms with Gasteiger partial charge in [0.25, 0.3) is 11.8 Å². The number of benzene rings is 1. The maximum atomic E-state index is 12.5. The first-order chi connectivity index (χ1) is 13.5. The average Bonchev–Trinajstić information content (AvgIpc) is 3.17. The van der Waals surface area contributed by atoms with E-state index in [1.165, 1.54) is 0 Å². The highest BCUT2D eigenvalue weighted by Crippen LogP contribution is 2.26. The van der Waals surface area contributed by atoms with E-state index in [1.807, 2.05) is 11.8 Å². The van der Waals surface area contributed by atoms with Crippen LogP contribution in [-0.2, 0) is 14.3 Å². The van der Waals surface area contributed by atoms with Crippen LogP contribution in [0.2, 0.25) is 0 Å². The largest absolute Gasteiger partial charge is 0.480 e. The van der Waals surface area contributed by atoms with Gasteiger partial charge < -0.3 is 20.5 Å². The second-order valence-electron chi connectivity index (χ2n) is 7.32. The number of nitrogens with one attached hydrogen (secondary N) is 2. The number of amides is 2. The molecule has 0 spiro atoms. The molecular weight excluding hydrogens is 362 g/mol. The molecule has 8 heteroatoms. The topological polar surface area (TPSA) is 108 Å². The Bertz CT molecular complexity index is 726. The molecule has 3 rings (SSSR count). The van der Waals surface area contributed by atoms with Gasteiger partial charge in [0.2, 0.25) is 0 Å². The van der Waals surface area contributed by atoms with Crippen LogP contribution in [0.25, 0.3) is 0 Å². The van der Waals surface area contributed by atoms with Crippen molar-refractivity contribution in [2.24, 2.45) is 0 Å². The molecule has 0 radical (unpaired) electrons. The van der Waals surface area contributed by atoms with E-state index in [0.29, 0.717) is 30.8 Å². The smallest absolute Gasteiger partial charge is 0.317 e. The van der Waals surface area contributed by atoms with E-state index in [4.69, 9.17) is 9.84 Å². The van der Waals surface area contributed by atoms with Gasteiger partial charge in [-0.1, -0.05) is 13.0 Å². The third kappa shape index (κ3) is 5.08. The standard InChI is InChI=1S/C20H27N3O5/c1-2-23(12-18(24)25)16-10-15(11-16)22-19(26)13-5-3-6-14(9-13)21-20(27)17-7-4-8-28-17/h3,5-6,9,15-17H,2,4,7-8,10-12H2,1H3,(H,21,27)(H,22,26)(H,24,25). The fourth-order valence-electron chi connectivity index (χ4n) is 3.69. The van der Waals surface area contributed by atoms with Crippen LogP contribution < -0.4 is 10.6 Å². The van der Waals surface area contributed by atoms with Gasteiger partial charge in [0.1, 0.15) is 6.10 Å². The summed E-state index contributed by atoms with van der Waals surface area (Å²) in [7, 11) is 0. The summed E-state index contributed by atoms with van der Waals surface area (Å²) < 4.78 is 5.37. The molecule has 1 saturated heterocycles. The summed E-state index contributed by atoms with van der Waals surface area (Å²) in [6.07, 6.45) is 2.65. The number of carboxylic acids is 1. The fraction of sp³-hybridized carbons (Fsp3) is 0.550. The molecule has 2 amide bonds. The van der Waals surface area contributed by atoms with E-state index in [-0.39, 0.29) is 30.4 Å². The molecular formula is C20H27N3O5. The first-order valence-electron chi connectivity index (χ1n) is 9.75. The van der Waals surface area contributed by atoms with E-state index in [0.717, 1.165) is 19.3 Å². The van der Waals surface area contributed by atoms with Gasteiger partial charge in [-0.15, -0.1) is 0 Å². The first kappa shape index (κ1) is 20.3. The predicted molar refractivity (Wildman–Crippen MR) is 103 cm³/mol. The summed E-state index contributed by atoms with van der Waals surface area (Å²) in [5.74, 6) is -1.22.